The first-order valence-corrected chi connectivity index (χ1v) is 9.35. The summed E-state index contributed by atoms with van der Waals surface area (Å²) in [7, 11) is 0. The SMILES string of the molecule is CCCC1CCCCN1C(CN)c1ccc(C(C)(C)C)s1. The molecule has 120 valence electrons. The molecule has 3 heteroatoms. The summed E-state index contributed by atoms with van der Waals surface area (Å²) in [6.45, 7) is 11.1. The Labute approximate surface area is 134 Å². The molecule has 2 atom stereocenters. The molecule has 2 nitrogen and oxygen atoms in total. The van der Waals surface area contributed by atoms with Gasteiger partial charge in [0, 0.05) is 22.3 Å². The van der Waals surface area contributed by atoms with Crippen LogP contribution in [0.4, 0.5) is 0 Å². The quantitative estimate of drug-likeness (QED) is 0.854. The molecule has 0 amide bonds. The van der Waals surface area contributed by atoms with Crippen molar-refractivity contribution in [2.24, 2.45) is 5.73 Å². The van der Waals surface area contributed by atoms with Crippen LogP contribution >= 0.6 is 11.3 Å². The lowest BCUT2D eigenvalue weighted by Crippen LogP contribution is -2.44. The van der Waals surface area contributed by atoms with E-state index in [2.05, 4.69) is 44.7 Å². The van der Waals surface area contributed by atoms with Crippen LogP contribution in [0, 0.1) is 0 Å². The Morgan fingerprint density at radius 2 is 2.10 bits per heavy atom. The second-order valence-corrected chi connectivity index (χ2v) is 8.49. The summed E-state index contributed by atoms with van der Waals surface area (Å²) >= 11 is 1.96. The highest BCUT2D eigenvalue weighted by molar-refractivity contribution is 7.12. The van der Waals surface area contributed by atoms with E-state index in [-0.39, 0.29) is 5.41 Å². The number of rotatable bonds is 5. The van der Waals surface area contributed by atoms with E-state index in [0.29, 0.717) is 6.04 Å². The van der Waals surface area contributed by atoms with Crippen molar-refractivity contribution in [1.29, 1.82) is 0 Å². The van der Waals surface area contributed by atoms with Crippen molar-refractivity contribution in [3.8, 4) is 0 Å². The first-order chi connectivity index (χ1) is 9.97. The van der Waals surface area contributed by atoms with Crippen LogP contribution in [0.5, 0.6) is 0 Å². The Morgan fingerprint density at radius 3 is 2.67 bits per heavy atom. The molecule has 0 saturated carbocycles. The minimum absolute atomic E-state index is 0.243. The second-order valence-electron chi connectivity index (χ2n) is 7.38. The average Bonchev–Trinajstić information content (AvgIpc) is 2.91. The molecule has 0 bridgehead atoms. The van der Waals surface area contributed by atoms with E-state index in [0.717, 1.165) is 12.6 Å². The van der Waals surface area contributed by atoms with E-state index in [9.17, 15) is 0 Å². The van der Waals surface area contributed by atoms with E-state index >= 15 is 0 Å². The van der Waals surface area contributed by atoms with Crippen LogP contribution in [0.25, 0.3) is 0 Å². The van der Waals surface area contributed by atoms with Crippen molar-refractivity contribution in [3.05, 3.63) is 21.9 Å². The number of nitrogens with zero attached hydrogens (tertiary/aromatic N) is 1. The molecule has 0 spiro atoms. The third-order valence-electron chi connectivity index (χ3n) is 4.61. The molecule has 1 saturated heterocycles. The van der Waals surface area contributed by atoms with Gasteiger partial charge in [0.15, 0.2) is 0 Å². The lowest BCUT2D eigenvalue weighted by atomic mass is 9.94. The van der Waals surface area contributed by atoms with Crippen LogP contribution in [0.3, 0.4) is 0 Å². The maximum Gasteiger partial charge on any atom is 0.0566 e. The summed E-state index contributed by atoms with van der Waals surface area (Å²) in [4.78, 5) is 5.64. The Kier molecular flexibility index (Phi) is 5.87. The van der Waals surface area contributed by atoms with E-state index in [1.54, 1.807) is 0 Å². The van der Waals surface area contributed by atoms with Gasteiger partial charge in [0.25, 0.3) is 0 Å². The van der Waals surface area contributed by atoms with Crippen LogP contribution in [0.15, 0.2) is 12.1 Å². The first kappa shape index (κ1) is 17.0. The van der Waals surface area contributed by atoms with Crippen LogP contribution in [0.1, 0.15) is 75.6 Å². The molecule has 2 unspecified atom stereocenters. The zero-order valence-corrected chi connectivity index (χ0v) is 15.0. The standard InChI is InChI=1S/C18H32N2S/c1-5-8-14-9-6-7-12-20(14)15(13-19)16-10-11-17(21-16)18(2,3)4/h10-11,14-15H,5-9,12-13,19H2,1-4H3. The van der Waals surface area contributed by atoms with Crippen molar-refractivity contribution < 1.29 is 0 Å². The Morgan fingerprint density at radius 1 is 1.33 bits per heavy atom. The average molecular weight is 309 g/mol. The molecule has 1 aromatic heterocycles. The van der Waals surface area contributed by atoms with Crippen LogP contribution in [0.2, 0.25) is 0 Å². The van der Waals surface area contributed by atoms with E-state index in [4.69, 9.17) is 5.73 Å². The van der Waals surface area contributed by atoms with Crippen LogP contribution in [-0.4, -0.2) is 24.0 Å². The molecule has 2 N–H and O–H groups in total. The molecule has 1 aliphatic heterocycles. The summed E-state index contributed by atoms with van der Waals surface area (Å²) in [5, 5.41) is 0. The van der Waals surface area contributed by atoms with Crippen molar-refractivity contribution >= 4 is 11.3 Å². The highest BCUT2D eigenvalue weighted by atomic mass is 32.1. The monoisotopic (exact) mass is 308 g/mol. The smallest absolute Gasteiger partial charge is 0.0566 e. The lowest BCUT2D eigenvalue weighted by Gasteiger charge is -2.40. The summed E-state index contributed by atoms with van der Waals surface area (Å²) < 4.78 is 0. The van der Waals surface area contributed by atoms with E-state index < -0.39 is 0 Å². The Hall–Kier alpha value is -0.380. The number of nitrogens with two attached hydrogens (primary N) is 1. The summed E-state index contributed by atoms with van der Waals surface area (Å²) in [6.07, 6.45) is 6.65. The van der Waals surface area contributed by atoms with Gasteiger partial charge in [0.2, 0.25) is 0 Å². The second kappa shape index (κ2) is 7.26. The zero-order chi connectivity index (χ0) is 15.5. The zero-order valence-electron chi connectivity index (χ0n) is 14.2. The molecule has 0 aliphatic carbocycles. The molecule has 21 heavy (non-hydrogen) atoms. The molecular weight excluding hydrogens is 276 g/mol. The number of hydrogen-bond donors (Lipinski definition) is 1. The topological polar surface area (TPSA) is 29.3 Å². The first-order valence-electron chi connectivity index (χ1n) is 8.53. The number of piperidine rings is 1. The van der Waals surface area contributed by atoms with Gasteiger partial charge in [-0.05, 0) is 43.4 Å². The lowest BCUT2D eigenvalue weighted by molar-refractivity contribution is 0.0929. The number of likely N-dealkylation sites (tertiary alicyclic amines) is 1. The molecule has 0 aromatic carbocycles. The van der Waals surface area contributed by atoms with Crippen LogP contribution < -0.4 is 5.73 Å². The number of hydrogen-bond acceptors (Lipinski definition) is 3. The van der Waals surface area contributed by atoms with Gasteiger partial charge >= 0.3 is 0 Å². The van der Waals surface area contributed by atoms with Gasteiger partial charge in [-0.15, -0.1) is 11.3 Å². The number of thiophene rings is 1. The van der Waals surface area contributed by atoms with E-state index in [1.807, 2.05) is 11.3 Å². The van der Waals surface area contributed by atoms with Gasteiger partial charge in [0.05, 0.1) is 6.04 Å². The molecule has 1 aliphatic rings. The van der Waals surface area contributed by atoms with Gasteiger partial charge in [-0.2, -0.15) is 0 Å². The summed E-state index contributed by atoms with van der Waals surface area (Å²) in [6, 6.07) is 5.78. The minimum Gasteiger partial charge on any atom is -0.329 e. The predicted octanol–water partition coefficient (Wildman–Crippen LogP) is 4.70. The van der Waals surface area contributed by atoms with Crippen molar-refractivity contribution in [1.82, 2.24) is 4.90 Å². The minimum atomic E-state index is 0.243. The molecule has 1 aromatic rings. The van der Waals surface area contributed by atoms with Gasteiger partial charge in [-0.3, -0.25) is 4.90 Å². The fourth-order valence-electron chi connectivity index (χ4n) is 3.43. The fraction of sp³-hybridized carbons (Fsp3) is 0.778. The van der Waals surface area contributed by atoms with Gasteiger partial charge in [-0.25, -0.2) is 0 Å². The van der Waals surface area contributed by atoms with Crippen molar-refractivity contribution in [3.63, 3.8) is 0 Å². The maximum atomic E-state index is 6.18. The highest BCUT2D eigenvalue weighted by Gasteiger charge is 2.30. The maximum absolute atomic E-state index is 6.18. The van der Waals surface area contributed by atoms with Crippen LogP contribution in [-0.2, 0) is 5.41 Å². The molecule has 2 heterocycles. The third-order valence-corrected chi connectivity index (χ3v) is 6.22. The molecule has 1 fully saturated rings. The summed E-state index contributed by atoms with van der Waals surface area (Å²) in [5.41, 5.74) is 6.42. The summed E-state index contributed by atoms with van der Waals surface area (Å²) in [5.74, 6) is 0. The van der Waals surface area contributed by atoms with Crippen molar-refractivity contribution in [2.75, 3.05) is 13.1 Å². The largest absolute Gasteiger partial charge is 0.329 e. The molecule has 0 radical (unpaired) electrons. The van der Waals surface area contributed by atoms with Gasteiger partial charge < -0.3 is 5.73 Å². The van der Waals surface area contributed by atoms with Gasteiger partial charge in [0.1, 0.15) is 0 Å². The highest BCUT2D eigenvalue weighted by Crippen LogP contribution is 2.36. The molecular formula is C18H32N2S. The van der Waals surface area contributed by atoms with Gasteiger partial charge in [-0.1, -0.05) is 40.5 Å². The predicted molar refractivity (Wildman–Crippen MR) is 94.1 cm³/mol. The Bertz CT molecular complexity index is 431. The normalized spacial score (nSPS) is 22.4. The molecule has 2 rings (SSSR count). The van der Waals surface area contributed by atoms with Crippen molar-refractivity contribution in [2.45, 2.75) is 77.3 Å². The third kappa shape index (κ3) is 4.08. The Balaban J connectivity index is 2.19. The van der Waals surface area contributed by atoms with E-state index in [1.165, 1.54) is 48.4 Å². The fourth-order valence-corrected chi connectivity index (χ4v) is 4.63.